The summed E-state index contributed by atoms with van der Waals surface area (Å²) in [5, 5.41) is 3.21. The highest BCUT2D eigenvalue weighted by atomic mass is 15.1. The number of aromatic nitrogens is 2. The van der Waals surface area contributed by atoms with Gasteiger partial charge in [0.1, 0.15) is 0 Å². The lowest BCUT2D eigenvalue weighted by Crippen LogP contribution is -2.04. The van der Waals surface area contributed by atoms with Crippen LogP contribution in [0.3, 0.4) is 0 Å². The van der Waals surface area contributed by atoms with E-state index in [4.69, 9.17) is 0 Å². The number of hydrogen-bond donors (Lipinski definition) is 1. The first-order chi connectivity index (χ1) is 8.69. The minimum absolute atomic E-state index is 0.702. The van der Waals surface area contributed by atoms with E-state index in [1.807, 2.05) is 6.07 Å². The number of rotatable bonds is 4. The third kappa shape index (κ3) is 3.06. The van der Waals surface area contributed by atoms with E-state index in [-0.39, 0.29) is 0 Å². The van der Waals surface area contributed by atoms with Gasteiger partial charge in [-0.05, 0) is 38.5 Å². The van der Waals surface area contributed by atoms with Crippen LogP contribution >= 0.6 is 0 Å². The molecule has 3 heteroatoms. The topological polar surface area (TPSA) is 37.8 Å². The predicted octanol–water partition coefficient (Wildman–Crippen LogP) is 3.58. The lowest BCUT2D eigenvalue weighted by Gasteiger charge is -2.07. The van der Waals surface area contributed by atoms with Crippen LogP contribution in [0.25, 0.3) is 11.3 Å². The molecule has 0 radical (unpaired) electrons. The van der Waals surface area contributed by atoms with Crippen LogP contribution in [-0.2, 0) is 0 Å². The lowest BCUT2D eigenvalue weighted by atomic mass is 10.1. The first-order valence-electron chi connectivity index (χ1n) is 6.34. The average Bonchev–Trinajstić information content (AvgIpc) is 2.35. The van der Waals surface area contributed by atoms with Crippen molar-refractivity contribution in [3.63, 3.8) is 0 Å². The van der Waals surface area contributed by atoms with Crippen molar-refractivity contribution in [2.45, 2.75) is 27.2 Å². The van der Waals surface area contributed by atoms with Crippen molar-refractivity contribution in [1.29, 1.82) is 0 Å². The molecule has 0 amide bonds. The van der Waals surface area contributed by atoms with Gasteiger partial charge in [-0.15, -0.1) is 0 Å². The maximum Gasteiger partial charge on any atom is 0.223 e. The average molecular weight is 241 g/mol. The zero-order chi connectivity index (χ0) is 13.0. The Morgan fingerprint density at radius 3 is 2.50 bits per heavy atom. The van der Waals surface area contributed by atoms with Gasteiger partial charge in [0.25, 0.3) is 0 Å². The van der Waals surface area contributed by atoms with E-state index >= 15 is 0 Å². The number of benzene rings is 1. The lowest BCUT2D eigenvalue weighted by molar-refractivity contribution is 0.953. The van der Waals surface area contributed by atoms with Gasteiger partial charge in [0, 0.05) is 18.3 Å². The van der Waals surface area contributed by atoms with Crippen molar-refractivity contribution < 1.29 is 0 Å². The Bertz CT molecular complexity index is 515. The van der Waals surface area contributed by atoms with Crippen LogP contribution in [0.5, 0.6) is 0 Å². The zero-order valence-electron chi connectivity index (χ0n) is 11.2. The second kappa shape index (κ2) is 5.63. The highest BCUT2D eigenvalue weighted by Gasteiger charge is 2.03. The summed E-state index contributed by atoms with van der Waals surface area (Å²) in [7, 11) is 0. The third-order valence-electron chi connectivity index (χ3n) is 2.71. The summed E-state index contributed by atoms with van der Waals surface area (Å²) < 4.78 is 0. The monoisotopic (exact) mass is 241 g/mol. The Balaban J connectivity index is 2.32. The van der Waals surface area contributed by atoms with E-state index in [0.717, 1.165) is 24.2 Å². The van der Waals surface area contributed by atoms with Crippen LogP contribution in [0.2, 0.25) is 0 Å². The first-order valence-corrected chi connectivity index (χ1v) is 6.34. The quantitative estimate of drug-likeness (QED) is 0.889. The van der Waals surface area contributed by atoms with E-state index in [1.54, 1.807) is 6.20 Å². The summed E-state index contributed by atoms with van der Waals surface area (Å²) in [5.74, 6) is 0.702. The normalized spacial score (nSPS) is 10.4. The fourth-order valence-corrected chi connectivity index (χ4v) is 1.96. The Labute approximate surface area is 108 Å². The van der Waals surface area contributed by atoms with E-state index in [9.17, 15) is 0 Å². The summed E-state index contributed by atoms with van der Waals surface area (Å²) in [4.78, 5) is 8.77. The van der Waals surface area contributed by atoms with Gasteiger partial charge in [0.15, 0.2) is 0 Å². The van der Waals surface area contributed by atoms with Crippen molar-refractivity contribution in [2.75, 3.05) is 11.9 Å². The molecule has 0 aliphatic heterocycles. The number of anilines is 1. The number of aryl methyl sites for hydroxylation is 2. The summed E-state index contributed by atoms with van der Waals surface area (Å²) in [5.41, 5.74) is 4.63. The van der Waals surface area contributed by atoms with Gasteiger partial charge in [-0.2, -0.15) is 0 Å². The van der Waals surface area contributed by atoms with Gasteiger partial charge in [0.2, 0.25) is 5.95 Å². The van der Waals surface area contributed by atoms with Gasteiger partial charge < -0.3 is 5.32 Å². The smallest absolute Gasteiger partial charge is 0.223 e. The van der Waals surface area contributed by atoms with E-state index in [0.29, 0.717) is 5.95 Å². The molecule has 0 unspecified atom stereocenters. The van der Waals surface area contributed by atoms with Crippen LogP contribution in [0.15, 0.2) is 30.5 Å². The molecule has 2 aromatic rings. The van der Waals surface area contributed by atoms with Crippen LogP contribution in [0.1, 0.15) is 24.5 Å². The molecular formula is C15H19N3. The standard InChI is InChI=1S/C15H19N3/c1-4-6-16-15-17-7-5-14(18-15)13-9-11(2)8-12(3)10-13/h5,7-10H,4,6H2,1-3H3,(H,16,17,18). The van der Waals surface area contributed by atoms with Crippen molar-refractivity contribution in [2.24, 2.45) is 0 Å². The molecular weight excluding hydrogens is 222 g/mol. The second-order valence-electron chi connectivity index (χ2n) is 4.57. The summed E-state index contributed by atoms with van der Waals surface area (Å²) in [6, 6.07) is 8.42. The fraction of sp³-hybridized carbons (Fsp3) is 0.333. The minimum atomic E-state index is 0.702. The van der Waals surface area contributed by atoms with Crippen molar-refractivity contribution in [3.8, 4) is 11.3 Å². The second-order valence-corrected chi connectivity index (χ2v) is 4.57. The molecule has 18 heavy (non-hydrogen) atoms. The minimum Gasteiger partial charge on any atom is -0.354 e. The molecule has 0 fully saturated rings. The highest BCUT2D eigenvalue weighted by Crippen LogP contribution is 2.20. The number of nitrogens with zero attached hydrogens (tertiary/aromatic N) is 2. The summed E-state index contributed by atoms with van der Waals surface area (Å²) in [6.07, 6.45) is 2.87. The van der Waals surface area contributed by atoms with Crippen LogP contribution in [0.4, 0.5) is 5.95 Å². The van der Waals surface area contributed by atoms with Gasteiger partial charge in [0.05, 0.1) is 5.69 Å². The SMILES string of the molecule is CCCNc1nccc(-c2cc(C)cc(C)c2)n1. The Hall–Kier alpha value is -1.90. The molecule has 0 spiro atoms. The predicted molar refractivity (Wildman–Crippen MR) is 75.7 cm³/mol. The Morgan fingerprint density at radius 1 is 1.11 bits per heavy atom. The molecule has 3 nitrogen and oxygen atoms in total. The van der Waals surface area contributed by atoms with Crippen LogP contribution < -0.4 is 5.32 Å². The maximum atomic E-state index is 4.54. The molecule has 2 rings (SSSR count). The summed E-state index contributed by atoms with van der Waals surface area (Å²) >= 11 is 0. The molecule has 0 aliphatic carbocycles. The molecule has 0 aliphatic rings. The van der Waals surface area contributed by atoms with Crippen molar-refractivity contribution >= 4 is 5.95 Å². The Morgan fingerprint density at radius 2 is 1.83 bits per heavy atom. The molecule has 1 aromatic carbocycles. The molecule has 0 saturated heterocycles. The van der Waals surface area contributed by atoms with Gasteiger partial charge >= 0.3 is 0 Å². The van der Waals surface area contributed by atoms with Crippen molar-refractivity contribution in [1.82, 2.24) is 9.97 Å². The molecule has 1 N–H and O–H groups in total. The van der Waals surface area contributed by atoms with E-state index in [2.05, 4.69) is 54.3 Å². The number of nitrogens with one attached hydrogen (secondary N) is 1. The van der Waals surface area contributed by atoms with Crippen molar-refractivity contribution in [3.05, 3.63) is 41.6 Å². The molecule has 1 aromatic heterocycles. The molecule has 0 saturated carbocycles. The van der Waals surface area contributed by atoms with Gasteiger partial charge in [-0.1, -0.05) is 24.1 Å². The van der Waals surface area contributed by atoms with Gasteiger partial charge in [-0.3, -0.25) is 0 Å². The largest absolute Gasteiger partial charge is 0.354 e. The van der Waals surface area contributed by atoms with E-state index < -0.39 is 0 Å². The number of hydrogen-bond acceptors (Lipinski definition) is 3. The van der Waals surface area contributed by atoms with E-state index in [1.165, 1.54) is 11.1 Å². The van der Waals surface area contributed by atoms with Crippen LogP contribution in [-0.4, -0.2) is 16.5 Å². The molecule has 0 atom stereocenters. The highest BCUT2D eigenvalue weighted by molar-refractivity contribution is 5.62. The summed E-state index contributed by atoms with van der Waals surface area (Å²) in [6.45, 7) is 7.24. The first kappa shape index (κ1) is 12.6. The Kier molecular flexibility index (Phi) is 3.92. The molecule has 94 valence electrons. The molecule has 1 heterocycles. The maximum absolute atomic E-state index is 4.54. The third-order valence-corrected chi connectivity index (χ3v) is 2.71. The van der Waals surface area contributed by atoms with Gasteiger partial charge in [-0.25, -0.2) is 9.97 Å². The zero-order valence-corrected chi connectivity index (χ0v) is 11.2. The molecule has 0 bridgehead atoms. The van der Waals surface area contributed by atoms with Crippen LogP contribution in [0, 0.1) is 13.8 Å². The fourth-order valence-electron chi connectivity index (χ4n) is 1.96.